The minimum atomic E-state index is -3.33. The van der Waals surface area contributed by atoms with Crippen LogP contribution in [0.1, 0.15) is 11.3 Å². The third-order valence-electron chi connectivity index (χ3n) is 2.16. The lowest BCUT2D eigenvalue weighted by Crippen LogP contribution is -2.29. The fourth-order valence-corrected chi connectivity index (χ4v) is 3.61. The minimum Gasteiger partial charge on any atom is -0.326 e. The lowest BCUT2D eigenvalue weighted by molar-refractivity contribution is 0.580. The van der Waals surface area contributed by atoms with Gasteiger partial charge in [-0.25, -0.2) is 13.1 Å². The van der Waals surface area contributed by atoms with Crippen LogP contribution >= 0.6 is 23.7 Å². The number of aryl methyl sites for hydroxylation is 1. The zero-order valence-electron chi connectivity index (χ0n) is 8.14. The van der Waals surface area contributed by atoms with Gasteiger partial charge in [-0.1, -0.05) is 0 Å². The summed E-state index contributed by atoms with van der Waals surface area (Å²) in [5.74, 6) is 0. The highest BCUT2D eigenvalue weighted by Gasteiger charge is 2.37. The summed E-state index contributed by atoms with van der Waals surface area (Å²) in [6.07, 6.45) is 0.738. The maximum atomic E-state index is 11.7. The Hall–Kier alpha value is -0.140. The van der Waals surface area contributed by atoms with Gasteiger partial charge in [-0.3, -0.25) is 0 Å². The predicted molar refractivity (Wildman–Crippen MR) is 63.0 cm³/mol. The number of hydrogen-bond donors (Lipinski definition) is 2. The van der Waals surface area contributed by atoms with Crippen molar-refractivity contribution in [2.75, 3.05) is 0 Å². The van der Waals surface area contributed by atoms with Crippen molar-refractivity contribution in [2.24, 2.45) is 5.73 Å². The van der Waals surface area contributed by atoms with Gasteiger partial charge in [0.2, 0.25) is 10.0 Å². The van der Waals surface area contributed by atoms with E-state index in [0.29, 0.717) is 4.90 Å². The molecule has 0 spiro atoms. The third kappa shape index (κ3) is 2.92. The highest BCUT2D eigenvalue weighted by Crippen LogP contribution is 2.23. The number of rotatable bonds is 3. The van der Waals surface area contributed by atoms with Gasteiger partial charge in [-0.2, -0.15) is 0 Å². The maximum absolute atomic E-state index is 11.7. The molecular weight excluding hydrogens is 256 g/mol. The molecule has 2 atom stereocenters. The smallest absolute Gasteiger partial charge is 0.241 e. The van der Waals surface area contributed by atoms with Crippen molar-refractivity contribution in [3.63, 3.8) is 0 Å². The normalized spacial score (nSPS) is 24.7. The fourth-order valence-electron chi connectivity index (χ4n) is 1.18. The topological polar surface area (TPSA) is 72.2 Å². The van der Waals surface area contributed by atoms with Crippen molar-refractivity contribution in [3.8, 4) is 0 Å². The first-order valence-electron chi connectivity index (χ1n) is 4.32. The van der Waals surface area contributed by atoms with Crippen LogP contribution in [-0.4, -0.2) is 20.5 Å². The summed E-state index contributed by atoms with van der Waals surface area (Å²) in [4.78, 5) is 1.34. The van der Waals surface area contributed by atoms with Crippen LogP contribution in [0.25, 0.3) is 0 Å². The molecule has 15 heavy (non-hydrogen) atoms. The molecule has 3 N–H and O–H groups in total. The molecule has 0 aliphatic heterocycles. The largest absolute Gasteiger partial charge is 0.326 e. The molecule has 4 nitrogen and oxygen atoms in total. The Labute approximate surface area is 99.3 Å². The van der Waals surface area contributed by atoms with Crippen LogP contribution in [0.5, 0.6) is 0 Å². The Balaban J connectivity index is 0.00000112. The molecule has 86 valence electrons. The van der Waals surface area contributed by atoms with E-state index in [4.69, 9.17) is 5.73 Å². The van der Waals surface area contributed by atoms with Crippen molar-refractivity contribution in [1.29, 1.82) is 0 Å². The number of halogens is 1. The molecule has 1 heterocycles. The Kier molecular flexibility index (Phi) is 3.78. The molecule has 0 aromatic carbocycles. The van der Waals surface area contributed by atoms with Gasteiger partial charge in [0.1, 0.15) is 0 Å². The van der Waals surface area contributed by atoms with E-state index >= 15 is 0 Å². The van der Waals surface area contributed by atoms with Crippen LogP contribution in [0.4, 0.5) is 0 Å². The molecule has 7 heteroatoms. The first kappa shape index (κ1) is 12.9. The van der Waals surface area contributed by atoms with Gasteiger partial charge in [0.15, 0.2) is 0 Å². The summed E-state index contributed by atoms with van der Waals surface area (Å²) < 4.78 is 25.9. The first-order valence-corrected chi connectivity index (χ1v) is 6.68. The average molecular weight is 269 g/mol. The summed E-state index contributed by atoms with van der Waals surface area (Å²) in [5, 5.41) is 1.64. The number of nitrogens with two attached hydrogens (primary N) is 1. The van der Waals surface area contributed by atoms with Gasteiger partial charge >= 0.3 is 0 Å². The minimum absolute atomic E-state index is 0. The van der Waals surface area contributed by atoms with Crippen molar-refractivity contribution >= 4 is 33.8 Å². The summed E-state index contributed by atoms with van der Waals surface area (Å²) in [6.45, 7) is 1.88. The number of nitrogens with one attached hydrogen (secondary N) is 1. The van der Waals surface area contributed by atoms with E-state index < -0.39 is 10.0 Å². The second-order valence-electron chi connectivity index (χ2n) is 3.52. The molecule has 2 rings (SSSR count). The second kappa shape index (κ2) is 4.39. The molecule has 1 fully saturated rings. The van der Waals surface area contributed by atoms with Gasteiger partial charge in [-0.05, 0) is 19.4 Å². The van der Waals surface area contributed by atoms with Crippen molar-refractivity contribution in [1.82, 2.24) is 4.72 Å². The molecule has 0 bridgehead atoms. The van der Waals surface area contributed by atoms with Crippen LogP contribution in [0, 0.1) is 6.92 Å². The van der Waals surface area contributed by atoms with Crippen molar-refractivity contribution < 1.29 is 8.42 Å². The van der Waals surface area contributed by atoms with E-state index in [1.54, 1.807) is 11.4 Å². The summed E-state index contributed by atoms with van der Waals surface area (Å²) in [5.41, 5.74) is 5.53. The molecule has 1 aromatic rings. The number of hydrogen-bond acceptors (Lipinski definition) is 4. The van der Waals surface area contributed by atoms with Gasteiger partial charge in [0.05, 0.1) is 4.90 Å². The SMILES string of the molecule is Cc1cc(S(=O)(=O)NC2CC2N)cs1.Cl. The Morgan fingerprint density at radius 2 is 2.20 bits per heavy atom. The average Bonchev–Trinajstić information content (AvgIpc) is 2.61. The van der Waals surface area contributed by atoms with Gasteiger partial charge in [0, 0.05) is 22.3 Å². The van der Waals surface area contributed by atoms with E-state index in [2.05, 4.69) is 4.72 Å². The van der Waals surface area contributed by atoms with E-state index in [0.717, 1.165) is 11.3 Å². The molecular formula is C8H13ClN2O2S2. The van der Waals surface area contributed by atoms with E-state index in [9.17, 15) is 8.42 Å². The Morgan fingerprint density at radius 3 is 2.60 bits per heavy atom. The molecule has 2 unspecified atom stereocenters. The molecule has 1 saturated carbocycles. The summed E-state index contributed by atoms with van der Waals surface area (Å²) in [6, 6.07) is 1.59. The van der Waals surface area contributed by atoms with Crippen LogP contribution < -0.4 is 10.5 Å². The van der Waals surface area contributed by atoms with E-state index in [1.807, 2.05) is 6.92 Å². The maximum Gasteiger partial charge on any atom is 0.241 e. The quantitative estimate of drug-likeness (QED) is 0.854. The highest BCUT2D eigenvalue weighted by molar-refractivity contribution is 7.89. The Bertz CT molecular complexity index is 443. The molecule has 0 saturated heterocycles. The van der Waals surface area contributed by atoms with Crippen LogP contribution in [0.3, 0.4) is 0 Å². The summed E-state index contributed by atoms with van der Waals surface area (Å²) >= 11 is 1.43. The van der Waals surface area contributed by atoms with Gasteiger partial charge in [-0.15, -0.1) is 23.7 Å². The molecule has 1 aromatic heterocycles. The van der Waals surface area contributed by atoms with Crippen molar-refractivity contribution in [3.05, 3.63) is 16.3 Å². The summed E-state index contributed by atoms with van der Waals surface area (Å²) in [7, 11) is -3.33. The standard InChI is InChI=1S/C8H12N2O2S2.ClH/c1-5-2-6(4-13-5)14(11,12)10-8-3-7(8)9;/h2,4,7-8,10H,3,9H2,1H3;1H. The number of thiophene rings is 1. The molecule has 0 radical (unpaired) electrons. The zero-order chi connectivity index (χ0) is 10.3. The first-order chi connectivity index (χ1) is 6.49. The Morgan fingerprint density at radius 1 is 1.60 bits per heavy atom. The fraction of sp³-hybridized carbons (Fsp3) is 0.500. The number of sulfonamides is 1. The zero-order valence-corrected chi connectivity index (χ0v) is 10.6. The van der Waals surface area contributed by atoms with Crippen LogP contribution in [0.2, 0.25) is 0 Å². The third-order valence-corrected chi connectivity index (χ3v) is 4.64. The lowest BCUT2D eigenvalue weighted by Gasteiger charge is -2.02. The highest BCUT2D eigenvalue weighted by atomic mass is 35.5. The monoisotopic (exact) mass is 268 g/mol. The molecule has 0 amide bonds. The van der Waals surface area contributed by atoms with Gasteiger partial charge < -0.3 is 5.73 Å². The predicted octanol–water partition coefficient (Wildman–Crippen LogP) is 0.856. The van der Waals surface area contributed by atoms with Gasteiger partial charge in [0.25, 0.3) is 0 Å². The lowest BCUT2D eigenvalue weighted by atomic mass is 10.5. The van der Waals surface area contributed by atoms with Crippen LogP contribution in [0.15, 0.2) is 16.3 Å². The van der Waals surface area contributed by atoms with E-state index in [1.165, 1.54) is 11.3 Å². The van der Waals surface area contributed by atoms with E-state index in [-0.39, 0.29) is 24.5 Å². The molecule has 1 aliphatic rings. The second-order valence-corrected chi connectivity index (χ2v) is 6.35. The van der Waals surface area contributed by atoms with Crippen molar-refractivity contribution in [2.45, 2.75) is 30.3 Å². The van der Waals surface area contributed by atoms with Crippen LogP contribution in [-0.2, 0) is 10.0 Å². The molecule has 1 aliphatic carbocycles.